The molecule has 0 spiro atoms. The summed E-state index contributed by atoms with van der Waals surface area (Å²) in [6.07, 6.45) is 2.23. The van der Waals surface area contributed by atoms with Gasteiger partial charge in [0.15, 0.2) is 5.78 Å². The number of fused-ring (bicyclic) bond motifs is 1. The summed E-state index contributed by atoms with van der Waals surface area (Å²) in [6, 6.07) is 0. The van der Waals surface area contributed by atoms with Crippen molar-refractivity contribution < 1.29 is 24.2 Å². The fraction of sp³-hybridized carbons (Fsp3) is 0.706. The van der Waals surface area contributed by atoms with E-state index in [1.807, 2.05) is 6.92 Å². The summed E-state index contributed by atoms with van der Waals surface area (Å²) in [5, 5.41) is 9.29. The molecular weight excluding hydrogens is 284 g/mol. The Balaban J connectivity index is 2.39. The highest BCUT2D eigenvalue weighted by atomic mass is 16.6. The zero-order valence-corrected chi connectivity index (χ0v) is 13.6. The van der Waals surface area contributed by atoms with Crippen LogP contribution in [0.15, 0.2) is 11.1 Å². The Labute approximate surface area is 130 Å². The quantitative estimate of drug-likeness (QED) is 0.811. The maximum absolute atomic E-state index is 12.1. The van der Waals surface area contributed by atoms with Gasteiger partial charge in [0, 0.05) is 19.3 Å². The first-order valence-electron chi connectivity index (χ1n) is 7.81. The number of ether oxygens (including phenoxy) is 1. The average Bonchev–Trinajstić information content (AvgIpc) is 2.61. The van der Waals surface area contributed by atoms with Gasteiger partial charge in [-0.25, -0.2) is 0 Å². The summed E-state index contributed by atoms with van der Waals surface area (Å²) < 4.78 is 5.59. The summed E-state index contributed by atoms with van der Waals surface area (Å²) in [5.41, 5.74) is 0.999. The molecule has 5 heteroatoms. The second-order valence-corrected chi connectivity index (χ2v) is 6.87. The summed E-state index contributed by atoms with van der Waals surface area (Å²) in [4.78, 5) is 34.9. The van der Waals surface area contributed by atoms with E-state index >= 15 is 0 Å². The Morgan fingerprint density at radius 2 is 2.00 bits per heavy atom. The van der Waals surface area contributed by atoms with Crippen LogP contribution in [0.1, 0.15) is 53.4 Å². The molecule has 1 N–H and O–H groups in total. The van der Waals surface area contributed by atoms with Crippen LogP contribution in [0.5, 0.6) is 0 Å². The Morgan fingerprint density at radius 3 is 2.55 bits per heavy atom. The van der Waals surface area contributed by atoms with Gasteiger partial charge in [-0.1, -0.05) is 12.5 Å². The molecule has 0 radical (unpaired) electrons. The van der Waals surface area contributed by atoms with E-state index in [1.165, 1.54) is 6.92 Å². The van der Waals surface area contributed by atoms with Gasteiger partial charge < -0.3 is 9.84 Å². The van der Waals surface area contributed by atoms with E-state index < -0.39 is 17.5 Å². The Kier molecular flexibility index (Phi) is 4.45. The lowest BCUT2D eigenvalue weighted by Crippen LogP contribution is -2.38. The second kappa shape index (κ2) is 5.86. The summed E-state index contributed by atoms with van der Waals surface area (Å²) in [6.45, 7) is 6.77. The molecule has 0 amide bonds. The maximum Gasteiger partial charge on any atom is 0.306 e. The van der Waals surface area contributed by atoms with Crippen LogP contribution in [0, 0.1) is 17.8 Å². The molecule has 2 aliphatic carbocycles. The van der Waals surface area contributed by atoms with Crippen LogP contribution in [0.25, 0.3) is 0 Å². The zero-order chi connectivity index (χ0) is 16.7. The van der Waals surface area contributed by atoms with E-state index in [2.05, 4.69) is 0 Å². The third kappa shape index (κ3) is 2.94. The van der Waals surface area contributed by atoms with E-state index in [9.17, 15) is 19.5 Å². The van der Waals surface area contributed by atoms with Crippen molar-refractivity contribution in [3.05, 3.63) is 11.1 Å². The molecule has 1 saturated carbocycles. The van der Waals surface area contributed by atoms with Crippen LogP contribution in [0.2, 0.25) is 0 Å². The topological polar surface area (TPSA) is 80.7 Å². The van der Waals surface area contributed by atoms with E-state index in [4.69, 9.17) is 4.74 Å². The molecule has 0 heterocycles. The molecule has 5 nitrogen and oxygen atoms in total. The summed E-state index contributed by atoms with van der Waals surface area (Å²) >= 11 is 0. The van der Waals surface area contributed by atoms with E-state index in [0.29, 0.717) is 25.7 Å². The van der Waals surface area contributed by atoms with Crippen molar-refractivity contribution in [2.24, 2.45) is 17.8 Å². The minimum Gasteiger partial charge on any atom is -0.481 e. The van der Waals surface area contributed by atoms with Gasteiger partial charge in [-0.15, -0.1) is 0 Å². The number of esters is 1. The van der Waals surface area contributed by atoms with Crippen molar-refractivity contribution in [2.75, 3.05) is 0 Å². The Hall–Kier alpha value is -1.65. The first-order valence-corrected chi connectivity index (χ1v) is 7.81. The third-order valence-electron chi connectivity index (χ3n) is 5.41. The van der Waals surface area contributed by atoms with E-state index in [0.717, 1.165) is 11.1 Å². The van der Waals surface area contributed by atoms with Crippen molar-refractivity contribution in [3.8, 4) is 0 Å². The summed E-state index contributed by atoms with van der Waals surface area (Å²) in [7, 11) is 0. The lowest BCUT2D eigenvalue weighted by molar-refractivity contribution is -0.161. The minimum absolute atomic E-state index is 0.0340. The molecule has 4 atom stereocenters. The number of rotatable bonds is 3. The predicted octanol–water partition coefficient (Wildman–Crippen LogP) is 2.73. The highest BCUT2D eigenvalue weighted by Gasteiger charge is 2.48. The van der Waals surface area contributed by atoms with Crippen LogP contribution in [0.4, 0.5) is 0 Å². The first-order chi connectivity index (χ1) is 10.2. The molecular formula is C17H24O5. The van der Waals surface area contributed by atoms with Crippen molar-refractivity contribution in [3.63, 3.8) is 0 Å². The largest absolute Gasteiger partial charge is 0.481 e. The number of carbonyl (C=O) groups is 3. The number of hydrogen-bond acceptors (Lipinski definition) is 4. The van der Waals surface area contributed by atoms with Gasteiger partial charge in [0.25, 0.3) is 0 Å². The van der Waals surface area contributed by atoms with Crippen molar-refractivity contribution in [1.29, 1.82) is 0 Å². The van der Waals surface area contributed by atoms with Gasteiger partial charge in [-0.2, -0.15) is 0 Å². The smallest absolute Gasteiger partial charge is 0.306 e. The Morgan fingerprint density at radius 1 is 1.36 bits per heavy atom. The molecule has 1 fully saturated rings. The van der Waals surface area contributed by atoms with Gasteiger partial charge in [0.2, 0.25) is 0 Å². The standard InChI is InChI=1S/C17H24O5/c1-9(16(20)21)12-5-6-17(4,22-11(3)18)14-8-15(19)10(2)13(14)7-12/h9,12,14H,5-8H2,1-4H3,(H,20,21)/t9-,12+,14+,17+/m0/s1. The molecule has 0 aromatic carbocycles. The van der Waals surface area contributed by atoms with Gasteiger partial charge >= 0.3 is 11.9 Å². The predicted molar refractivity (Wildman–Crippen MR) is 80.1 cm³/mol. The number of ketones is 1. The van der Waals surface area contributed by atoms with Gasteiger partial charge in [0.05, 0.1) is 5.92 Å². The molecule has 122 valence electrons. The van der Waals surface area contributed by atoms with Crippen molar-refractivity contribution >= 4 is 17.7 Å². The van der Waals surface area contributed by atoms with E-state index in [1.54, 1.807) is 13.8 Å². The van der Waals surface area contributed by atoms with E-state index in [-0.39, 0.29) is 23.6 Å². The molecule has 0 aliphatic heterocycles. The van der Waals surface area contributed by atoms with Gasteiger partial charge in [-0.3, -0.25) is 14.4 Å². The first kappa shape index (κ1) is 16.7. The number of Topliss-reactive ketones (excluding diaryl/α,β-unsaturated/α-hetero) is 1. The number of hydrogen-bond donors (Lipinski definition) is 1. The van der Waals surface area contributed by atoms with Gasteiger partial charge in [-0.05, 0) is 44.6 Å². The molecule has 0 saturated heterocycles. The molecule has 0 bridgehead atoms. The molecule has 0 unspecified atom stereocenters. The molecule has 22 heavy (non-hydrogen) atoms. The minimum atomic E-state index is -0.819. The van der Waals surface area contributed by atoms with Crippen LogP contribution in [-0.4, -0.2) is 28.4 Å². The number of allylic oxidation sites excluding steroid dienone is 1. The highest BCUT2D eigenvalue weighted by molar-refractivity contribution is 5.99. The van der Waals surface area contributed by atoms with Gasteiger partial charge in [0.1, 0.15) is 5.60 Å². The zero-order valence-electron chi connectivity index (χ0n) is 13.6. The maximum atomic E-state index is 12.1. The average molecular weight is 308 g/mol. The SMILES string of the molecule is CC(=O)O[C@]1(C)CC[C@@H]([C@H](C)C(=O)O)CC2=C(C)C(=O)C[C@H]21. The normalized spacial score (nSPS) is 33.2. The lowest BCUT2D eigenvalue weighted by atomic mass is 9.82. The van der Waals surface area contributed by atoms with Crippen LogP contribution < -0.4 is 0 Å². The van der Waals surface area contributed by atoms with Crippen molar-refractivity contribution in [2.45, 2.75) is 59.0 Å². The molecule has 0 aromatic heterocycles. The van der Waals surface area contributed by atoms with Crippen LogP contribution in [0.3, 0.4) is 0 Å². The summed E-state index contributed by atoms with van der Waals surface area (Å²) in [5.74, 6) is -1.72. The second-order valence-electron chi connectivity index (χ2n) is 6.87. The van der Waals surface area contributed by atoms with Crippen LogP contribution in [-0.2, 0) is 19.1 Å². The fourth-order valence-electron chi connectivity index (χ4n) is 3.89. The molecule has 0 aromatic rings. The molecule has 2 rings (SSSR count). The lowest BCUT2D eigenvalue weighted by Gasteiger charge is -2.34. The third-order valence-corrected chi connectivity index (χ3v) is 5.41. The monoisotopic (exact) mass is 308 g/mol. The van der Waals surface area contributed by atoms with Crippen LogP contribution >= 0.6 is 0 Å². The number of carboxylic acid groups (broad SMARTS) is 1. The number of carbonyl (C=O) groups excluding carboxylic acids is 2. The highest BCUT2D eigenvalue weighted by Crippen LogP contribution is 2.48. The Bertz CT molecular complexity index is 547. The van der Waals surface area contributed by atoms with Crippen molar-refractivity contribution in [1.82, 2.24) is 0 Å². The number of aliphatic carboxylic acids is 1. The number of carboxylic acids is 1. The molecule has 2 aliphatic rings. The fourth-order valence-corrected chi connectivity index (χ4v) is 3.89.